The Morgan fingerprint density at radius 2 is 1.79 bits per heavy atom. The minimum absolute atomic E-state index is 0.0212. The van der Waals surface area contributed by atoms with Gasteiger partial charge >= 0.3 is 6.18 Å². The van der Waals surface area contributed by atoms with E-state index >= 15 is 0 Å². The summed E-state index contributed by atoms with van der Waals surface area (Å²) in [6.07, 6.45) is -4.64. The maximum atomic E-state index is 13.2. The highest BCUT2D eigenvalue weighted by Gasteiger charge is 2.34. The molecule has 9 heteroatoms. The summed E-state index contributed by atoms with van der Waals surface area (Å²) in [7, 11) is 0. The fraction of sp³-hybridized carbons (Fsp3) is 0.263. The summed E-state index contributed by atoms with van der Waals surface area (Å²) in [5.41, 5.74) is -1.20. The highest BCUT2D eigenvalue weighted by Crippen LogP contribution is 2.36. The first-order valence-electron chi connectivity index (χ1n) is 8.43. The summed E-state index contributed by atoms with van der Waals surface area (Å²) in [5.74, 6) is -0.300. The van der Waals surface area contributed by atoms with Gasteiger partial charge in [-0.1, -0.05) is 18.2 Å². The van der Waals surface area contributed by atoms with Crippen LogP contribution in [0.3, 0.4) is 0 Å². The van der Waals surface area contributed by atoms with Crippen LogP contribution in [-0.4, -0.2) is 31.5 Å². The predicted octanol–water partition coefficient (Wildman–Crippen LogP) is 3.27. The average molecular weight is 395 g/mol. The van der Waals surface area contributed by atoms with Gasteiger partial charge in [0.2, 0.25) is 11.8 Å². The molecule has 0 unspecified atom stereocenters. The van der Waals surface area contributed by atoms with Crippen LogP contribution < -0.4 is 20.7 Å². The number of ether oxygens (including phenoxy) is 1. The van der Waals surface area contributed by atoms with Crippen LogP contribution in [0.4, 0.5) is 24.5 Å². The molecule has 0 spiro atoms. The maximum absolute atomic E-state index is 13.2. The lowest BCUT2D eigenvalue weighted by Crippen LogP contribution is -2.33. The number of amides is 2. The van der Waals surface area contributed by atoms with E-state index < -0.39 is 23.6 Å². The first kappa shape index (κ1) is 21.1. The van der Waals surface area contributed by atoms with Gasteiger partial charge in [0.1, 0.15) is 12.4 Å². The zero-order chi connectivity index (χ0) is 20.6. The molecule has 0 atom stereocenters. The first-order valence-corrected chi connectivity index (χ1v) is 8.43. The van der Waals surface area contributed by atoms with Crippen LogP contribution in [0.25, 0.3) is 0 Å². The first-order chi connectivity index (χ1) is 13.3. The zero-order valence-electron chi connectivity index (χ0n) is 15.1. The standard InChI is InChI=1S/C19H20F3N3O3/c1-13(26)25-14-7-8-17(16(11-14)19(20,21)22)24-12-18(27)23-9-10-28-15-5-3-2-4-6-15/h2-8,11,24H,9-10,12H2,1H3,(H,23,27)(H,25,26). The Labute approximate surface area is 160 Å². The SMILES string of the molecule is CC(=O)Nc1ccc(NCC(=O)NCCOc2ccccc2)c(C(F)(F)F)c1. The second-order valence-corrected chi connectivity index (χ2v) is 5.80. The van der Waals surface area contributed by atoms with Gasteiger partial charge in [-0.25, -0.2) is 0 Å². The van der Waals surface area contributed by atoms with Crippen molar-refractivity contribution in [3.05, 3.63) is 54.1 Å². The number of hydrogen-bond donors (Lipinski definition) is 3. The van der Waals surface area contributed by atoms with E-state index in [1.54, 1.807) is 12.1 Å². The number of benzene rings is 2. The van der Waals surface area contributed by atoms with Crippen LogP contribution in [0.5, 0.6) is 5.75 Å². The predicted molar refractivity (Wildman–Crippen MR) is 99.2 cm³/mol. The number of alkyl halides is 3. The van der Waals surface area contributed by atoms with Crippen molar-refractivity contribution in [2.45, 2.75) is 13.1 Å². The molecular weight excluding hydrogens is 375 g/mol. The number of nitrogens with one attached hydrogen (secondary N) is 3. The molecule has 2 rings (SSSR count). The summed E-state index contributed by atoms with van der Waals surface area (Å²) >= 11 is 0. The van der Waals surface area contributed by atoms with Crippen molar-refractivity contribution in [1.29, 1.82) is 0 Å². The van der Waals surface area contributed by atoms with Gasteiger partial charge in [-0.3, -0.25) is 9.59 Å². The Bertz CT molecular complexity index is 811. The Kier molecular flexibility index (Phi) is 7.25. The summed E-state index contributed by atoms with van der Waals surface area (Å²) in [4.78, 5) is 22.9. The molecule has 28 heavy (non-hydrogen) atoms. The van der Waals surface area contributed by atoms with E-state index in [1.165, 1.54) is 19.1 Å². The molecule has 2 aromatic carbocycles. The van der Waals surface area contributed by atoms with Crippen LogP contribution in [0.2, 0.25) is 0 Å². The quantitative estimate of drug-likeness (QED) is 0.600. The third-order valence-corrected chi connectivity index (χ3v) is 3.52. The number of hydrogen-bond acceptors (Lipinski definition) is 4. The van der Waals surface area contributed by atoms with Gasteiger partial charge < -0.3 is 20.7 Å². The summed E-state index contributed by atoms with van der Waals surface area (Å²) in [5, 5.41) is 7.32. The lowest BCUT2D eigenvalue weighted by molar-refractivity contribution is -0.137. The normalized spacial score (nSPS) is 10.9. The molecular formula is C19H20F3N3O3. The van der Waals surface area contributed by atoms with E-state index in [0.717, 1.165) is 6.07 Å². The number of para-hydroxylation sites is 1. The molecule has 0 aliphatic rings. The maximum Gasteiger partial charge on any atom is 0.418 e. The van der Waals surface area contributed by atoms with Crippen LogP contribution in [-0.2, 0) is 15.8 Å². The largest absolute Gasteiger partial charge is 0.492 e. The lowest BCUT2D eigenvalue weighted by atomic mass is 10.1. The van der Waals surface area contributed by atoms with Gasteiger partial charge in [-0.05, 0) is 30.3 Å². The van der Waals surface area contributed by atoms with Crippen molar-refractivity contribution in [1.82, 2.24) is 5.32 Å². The van der Waals surface area contributed by atoms with Crippen LogP contribution in [0.1, 0.15) is 12.5 Å². The number of anilines is 2. The van der Waals surface area contributed by atoms with Gasteiger partial charge in [0, 0.05) is 18.3 Å². The third kappa shape index (κ3) is 6.82. The Morgan fingerprint density at radius 1 is 1.07 bits per heavy atom. The second-order valence-electron chi connectivity index (χ2n) is 5.80. The molecule has 150 valence electrons. The van der Waals surface area contributed by atoms with E-state index in [-0.39, 0.29) is 31.1 Å². The smallest absolute Gasteiger partial charge is 0.418 e. The second kappa shape index (κ2) is 9.63. The van der Waals surface area contributed by atoms with Gasteiger partial charge in [0.15, 0.2) is 0 Å². The van der Waals surface area contributed by atoms with Crippen molar-refractivity contribution in [3.63, 3.8) is 0 Å². The molecule has 0 fully saturated rings. The monoisotopic (exact) mass is 395 g/mol. The van der Waals surface area contributed by atoms with Crippen molar-refractivity contribution >= 4 is 23.2 Å². The minimum Gasteiger partial charge on any atom is -0.492 e. The van der Waals surface area contributed by atoms with Crippen molar-refractivity contribution in [3.8, 4) is 5.75 Å². The molecule has 0 bridgehead atoms. The van der Waals surface area contributed by atoms with E-state index in [1.807, 2.05) is 18.2 Å². The third-order valence-electron chi connectivity index (χ3n) is 3.52. The van der Waals surface area contributed by atoms with Crippen molar-refractivity contribution < 1.29 is 27.5 Å². The molecule has 3 N–H and O–H groups in total. The Morgan fingerprint density at radius 3 is 2.43 bits per heavy atom. The molecule has 0 saturated carbocycles. The number of carbonyl (C=O) groups is 2. The summed E-state index contributed by atoms with van der Waals surface area (Å²) in [6, 6.07) is 12.3. The van der Waals surface area contributed by atoms with Gasteiger partial charge in [0.25, 0.3) is 0 Å². The fourth-order valence-corrected chi connectivity index (χ4v) is 2.33. The van der Waals surface area contributed by atoms with Crippen molar-refractivity contribution in [2.24, 2.45) is 0 Å². The van der Waals surface area contributed by atoms with Crippen molar-refractivity contribution in [2.75, 3.05) is 30.3 Å². The summed E-state index contributed by atoms with van der Waals surface area (Å²) < 4.78 is 45.1. The molecule has 0 saturated heterocycles. The topological polar surface area (TPSA) is 79.5 Å². The van der Waals surface area contributed by atoms with E-state index in [4.69, 9.17) is 4.74 Å². The molecule has 0 radical (unpaired) electrons. The Balaban J connectivity index is 1.86. The van der Waals surface area contributed by atoms with Gasteiger partial charge in [-0.15, -0.1) is 0 Å². The highest BCUT2D eigenvalue weighted by molar-refractivity contribution is 5.89. The minimum atomic E-state index is -4.64. The molecule has 2 aromatic rings. The lowest BCUT2D eigenvalue weighted by Gasteiger charge is -2.16. The molecule has 0 aliphatic heterocycles. The van der Waals surface area contributed by atoms with E-state index in [0.29, 0.717) is 5.75 Å². The molecule has 2 amide bonds. The average Bonchev–Trinajstić information content (AvgIpc) is 2.64. The van der Waals surface area contributed by atoms with Crippen LogP contribution >= 0.6 is 0 Å². The van der Waals surface area contributed by atoms with Crippen LogP contribution in [0, 0.1) is 0 Å². The zero-order valence-corrected chi connectivity index (χ0v) is 15.1. The van der Waals surface area contributed by atoms with Crippen LogP contribution in [0.15, 0.2) is 48.5 Å². The summed E-state index contributed by atoms with van der Waals surface area (Å²) in [6.45, 7) is 1.30. The number of carbonyl (C=O) groups excluding carboxylic acids is 2. The van der Waals surface area contributed by atoms with E-state index in [2.05, 4.69) is 16.0 Å². The number of rotatable bonds is 8. The van der Waals surface area contributed by atoms with Gasteiger partial charge in [-0.2, -0.15) is 13.2 Å². The van der Waals surface area contributed by atoms with Gasteiger partial charge in [0.05, 0.1) is 18.7 Å². The number of halogens is 3. The molecule has 0 heterocycles. The highest BCUT2D eigenvalue weighted by atomic mass is 19.4. The molecule has 0 aromatic heterocycles. The Hall–Kier alpha value is -3.23. The molecule has 6 nitrogen and oxygen atoms in total. The fourth-order valence-electron chi connectivity index (χ4n) is 2.33. The van der Waals surface area contributed by atoms with E-state index in [9.17, 15) is 22.8 Å². The molecule has 0 aliphatic carbocycles.